The summed E-state index contributed by atoms with van der Waals surface area (Å²) in [6, 6.07) is 17.9. The molecule has 0 N–H and O–H groups in total. The molecule has 116 valence electrons. The van der Waals surface area contributed by atoms with E-state index >= 15 is 0 Å². The highest BCUT2D eigenvalue weighted by Gasteiger charge is 2.43. The smallest absolute Gasteiger partial charge is 0.0788 e. The van der Waals surface area contributed by atoms with Gasteiger partial charge in [-0.05, 0) is 40.7 Å². The lowest BCUT2D eigenvalue weighted by molar-refractivity contribution is 0.946. The molecule has 0 amide bonds. The second-order valence-corrected chi connectivity index (χ2v) is 12.1. The molecule has 2 aromatic rings. The number of benzene rings is 2. The maximum absolute atomic E-state index is 2.56. The third-order valence-corrected chi connectivity index (χ3v) is 10.2. The normalized spacial score (nSPS) is 22.4. The van der Waals surface area contributed by atoms with Crippen LogP contribution in [0.4, 0.5) is 0 Å². The van der Waals surface area contributed by atoms with Gasteiger partial charge in [0, 0.05) is 5.54 Å². The minimum atomic E-state index is -1.62. The molecule has 0 spiro atoms. The van der Waals surface area contributed by atoms with E-state index in [1.807, 2.05) is 0 Å². The molecule has 0 nitrogen and oxygen atoms in total. The number of fused-ring (bicyclic) bond motifs is 2. The molecule has 0 aliphatic heterocycles. The van der Waals surface area contributed by atoms with E-state index in [0.29, 0.717) is 11.5 Å². The summed E-state index contributed by atoms with van der Waals surface area (Å²) in [5, 5.41) is 1.74. The molecular weight excluding hydrogens is 292 g/mol. The van der Waals surface area contributed by atoms with Crippen LogP contribution in [0.5, 0.6) is 0 Å². The highest BCUT2D eigenvalue weighted by molar-refractivity contribution is 6.87. The molecule has 0 aromatic heterocycles. The van der Waals surface area contributed by atoms with Crippen molar-refractivity contribution in [3.63, 3.8) is 0 Å². The molecule has 2 aliphatic carbocycles. The summed E-state index contributed by atoms with van der Waals surface area (Å²) >= 11 is 0. The number of rotatable bonds is 2. The summed E-state index contributed by atoms with van der Waals surface area (Å²) in [4.78, 5) is 0. The Morgan fingerprint density at radius 1 is 0.870 bits per heavy atom. The van der Waals surface area contributed by atoms with Gasteiger partial charge in [0.2, 0.25) is 0 Å². The zero-order chi connectivity index (χ0) is 16.2. The molecule has 23 heavy (non-hydrogen) atoms. The Balaban J connectivity index is 1.82. The van der Waals surface area contributed by atoms with Crippen LogP contribution in [0.25, 0.3) is 11.6 Å². The zero-order valence-electron chi connectivity index (χ0n) is 14.4. The fourth-order valence-electron chi connectivity index (χ4n) is 4.93. The Hall–Kier alpha value is -1.86. The van der Waals surface area contributed by atoms with Gasteiger partial charge in [0.15, 0.2) is 0 Å². The first-order valence-electron chi connectivity index (χ1n) is 8.59. The third-order valence-electron chi connectivity index (χ3n) is 5.94. The zero-order valence-corrected chi connectivity index (χ0v) is 15.4. The minimum absolute atomic E-state index is 0.564. The van der Waals surface area contributed by atoms with E-state index in [4.69, 9.17) is 0 Å². The van der Waals surface area contributed by atoms with Crippen LogP contribution in [-0.2, 0) is 0 Å². The van der Waals surface area contributed by atoms with Crippen molar-refractivity contribution >= 4 is 19.7 Å². The number of hydrogen-bond acceptors (Lipinski definition) is 0. The van der Waals surface area contributed by atoms with Crippen molar-refractivity contribution in [3.8, 4) is 0 Å². The van der Waals surface area contributed by atoms with Gasteiger partial charge in [-0.15, -0.1) is 0 Å². The lowest BCUT2D eigenvalue weighted by atomic mass is 10.0. The van der Waals surface area contributed by atoms with Gasteiger partial charge in [-0.25, -0.2) is 0 Å². The van der Waals surface area contributed by atoms with E-state index in [0.717, 1.165) is 0 Å². The molecule has 0 heterocycles. The van der Waals surface area contributed by atoms with E-state index in [9.17, 15) is 0 Å². The number of hydrogen-bond donors (Lipinski definition) is 0. The van der Waals surface area contributed by atoms with Crippen molar-refractivity contribution in [1.82, 2.24) is 0 Å². The Labute approximate surface area is 140 Å². The second kappa shape index (κ2) is 5.07. The predicted molar refractivity (Wildman–Crippen MR) is 103 cm³/mol. The van der Waals surface area contributed by atoms with Gasteiger partial charge in [-0.3, -0.25) is 0 Å². The summed E-state index contributed by atoms with van der Waals surface area (Å²) in [6.45, 7) is 9.87. The van der Waals surface area contributed by atoms with Crippen LogP contribution in [0.3, 0.4) is 0 Å². The topological polar surface area (TPSA) is 0 Å². The van der Waals surface area contributed by atoms with Gasteiger partial charge in [0.25, 0.3) is 0 Å². The Kier molecular flexibility index (Phi) is 3.24. The highest BCUT2D eigenvalue weighted by atomic mass is 28.3. The summed E-state index contributed by atoms with van der Waals surface area (Å²) in [5.74, 6) is 0.564. The van der Waals surface area contributed by atoms with Crippen molar-refractivity contribution in [1.29, 1.82) is 0 Å². The van der Waals surface area contributed by atoms with Gasteiger partial charge >= 0.3 is 0 Å². The van der Waals surface area contributed by atoms with Gasteiger partial charge in [-0.2, -0.15) is 0 Å². The molecular formula is C22H24Si. The van der Waals surface area contributed by atoms with Crippen LogP contribution in [0.1, 0.15) is 47.6 Å². The van der Waals surface area contributed by atoms with Gasteiger partial charge in [0.05, 0.1) is 8.07 Å². The summed E-state index contributed by atoms with van der Waals surface area (Å²) in [7, 11) is -1.62. The minimum Gasteiger partial charge on any atom is -0.0788 e. The molecule has 4 rings (SSSR count). The van der Waals surface area contributed by atoms with Crippen LogP contribution in [0, 0.1) is 0 Å². The maximum Gasteiger partial charge on any atom is 0.0880 e. The van der Waals surface area contributed by atoms with Crippen molar-refractivity contribution in [2.75, 3.05) is 0 Å². The Bertz CT molecular complexity index is 839. The molecule has 0 saturated carbocycles. The van der Waals surface area contributed by atoms with Crippen molar-refractivity contribution in [3.05, 3.63) is 82.1 Å². The fraction of sp³-hybridized carbons (Fsp3) is 0.273. The summed E-state index contributed by atoms with van der Waals surface area (Å²) in [5.41, 5.74) is 8.09. The van der Waals surface area contributed by atoms with E-state index in [2.05, 4.69) is 87.6 Å². The molecule has 2 unspecified atom stereocenters. The monoisotopic (exact) mass is 316 g/mol. The van der Waals surface area contributed by atoms with Crippen LogP contribution in [0.15, 0.2) is 59.8 Å². The maximum atomic E-state index is 2.56. The lowest BCUT2D eigenvalue weighted by Gasteiger charge is -2.34. The average Bonchev–Trinajstić information content (AvgIpc) is 3.09. The van der Waals surface area contributed by atoms with E-state index in [-0.39, 0.29) is 0 Å². The van der Waals surface area contributed by atoms with Crippen molar-refractivity contribution in [2.45, 2.75) is 38.4 Å². The number of allylic oxidation sites excluding steroid dienone is 3. The fourth-order valence-corrected chi connectivity index (χ4v) is 9.25. The van der Waals surface area contributed by atoms with Crippen LogP contribution < -0.4 is 0 Å². The molecule has 2 atom stereocenters. The van der Waals surface area contributed by atoms with Crippen LogP contribution in [-0.4, -0.2) is 8.07 Å². The van der Waals surface area contributed by atoms with Crippen LogP contribution in [0.2, 0.25) is 13.1 Å². The molecule has 0 saturated heterocycles. The molecule has 2 aromatic carbocycles. The average molecular weight is 317 g/mol. The van der Waals surface area contributed by atoms with E-state index < -0.39 is 8.07 Å². The Morgan fingerprint density at radius 2 is 1.52 bits per heavy atom. The van der Waals surface area contributed by atoms with Crippen molar-refractivity contribution < 1.29 is 0 Å². The van der Waals surface area contributed by atoms with Gasteiger partial charge in [-0.1, -0.05) is 85.9 Å². The summed E-state index contributed by atoms with van der Waals surface area (Å²) < 4.78 is 0. The SMILES string of the molecule is CC1=C([Si](C)(C)C2C=Cc3ccccc32)C(C)c2ccccc21. The van der Waals surface area contributed by atoms with Gasteiger partial charge in [0.1, 0.15) is 0 Å². The second-order valence-electron chi connectivity index (χ2n) is 7.54. The highest BCUT2D eigenvalue weighted by Crippen LogP contribution is 2.50. The van der Waals surface area contributed by atoms with Gasteiger partial charge < -0.3 is 0 Å². The molecule has 0 bridgehead atoms. The van der Waals surface area contributed by atoms with Crippen LogP contribution >= 0.6 is 0 Å². The first-order chi connectivity index (χ1) is 11.0. The van der Waals surface area contributed by atoms with Crippen molar-refractivity contribution in [2.24, 2.45) is 0 Å². The Morgan fingerprint density at radius 3 is 2.26 bits per heavy atom. The van der Waals surface area contributed by atoms with E-state index in [1.165, 1.54) is 22.3 Å². The largest absolute Gasteiger partial charge is 0.0880 e. The first kappa shape index (κ1) is 14.7. The first-order valence-corrected chi connectivity index (χ1v) is 11.7. The standard InChI is InChI=1S/C22H24Si/c1-15-18-10-7-8-11-19(18)16(2)22(15)23(3,4)21-14-13-17-9-5-6-12-20(17)21/h5-15,21H,1-4H3. The molecule has 1 heteroatoms. The molecule has 0 fully saturated rings. The lowest BCUT2D eigenvalue weighted by Crippen LogP contribution is -2.38. The predicted octanol–water partition coefficient (Wildman–Crippen LogP) is 6.17. The third kappa shape index (κ3) is 2.03. The molecule has 0 radical (unpaired) electrons. The quantitative estimate of drug-likeness (QED) is 0.581. The van der Waals surface area contributed by atoms with E-state index in [1.54, 1.807) is 10.8 Å². The summed E-state index contributed by atoms with van der Waals surface area (Å²) in [6.07, 6.45) is 4.80. The molecule has 2 aliphatic rings.